The van der Waals surface area contributed by atoms with E-state index >= 15 is 0 Å². The van der Waals surface area contributed by atoms with Gasteiger partial charge in [0.1, 0.15) is 0 Å². The van der Waals surface area contributed by atoms with Gasteiger partial charge in [-0.25, -0.2) is 0 Å². The lowest BCUT2D eigenvalue weighted by atomic mass is 10.0. The van der Waals surface area contributed by atoms with Gasteiger partial charge in [0.25, 0.3) is 5.91 Å². The van der Waals surface area contributed by atoms with Gasteiger partial charge in [0.05, 0.1) is 5.56 Å². The van der Waals surface area contributed by atoms with Crippen LogP contribution in [-0.2, 0) is 4.79 Å². The van der Waals surface area contributed by atoms with Crippen LogP contribution in [0.5, 0.6) is 0 Å². The monoisotopic (exact) mass is 371 g/mol. The van der Waals surface area contributed by atoms with Crippen LogP contribution in [-0.4, -0.2) is 16.8 Å². The average molecular weight is 371 g/mol. The molecule has 0 atom stereocenters. The number of nitrogens with zero attached hydrogens (tertiary/aromatic N) is 1. The van der Waals surface area contributed by atoms with Crippen molar-refractivity contribution in [3.8, 4) is 11.1 Å². The number of benzene rings is 2. The summed E-state index contributed by atoms with van der Waals surface area (Å²) in [6.07, 6.45) is 4.44. The summed E-state index contributed by atoms with van der Waals surface area (Å²) in [6, 6.07) is 15.0. The standard InChI is InChI=1S/C23H21N3O2/c1-4-21(27)25-20-10-6-9-17(12-20)18-11-19(14-24-13-18)23(28)26-22-15(2)7-5-8-16(22)3/h4-14H,1H2,2-3H3,(H,25,27)(H,26,28). The number of aromatic nitrogens is 1. The van der Waals surface area contributed by atoms with Crippen LogP contribution in [0, 0.1) is 13.8 Å². The van der Waals surface area contributed by atoms with Crippen molar-refractivity contribution in [2.24, 2.45) is 0 Å². The first-order valence-electron chi connectivity index (χ1n) is 8.84. The Bertz CT molecular complexity index is 1040. The highest BCUT2D eigenvalue weighted by Crippen LogP contribution is 2.24. The molecule has 2 aromatic carbocycles. The number of carbonyl (C=O) groups is 2. The van der Waals surface area contributed by atoms with Crippen LogP contribution in [0.15, 0.2) is 73.6 Å². The highest BCUT2D eigenvalue weighted by molar-refractivity contribution is 6.05. The van der Waals surface area contributed by atoms with Gasteiger partial charge in [-0.2, -0.15) is 0 Å². The predicted octanol–water partition coefficient (Wildman–Crippen LogP) is 4.74. The summed E-state index contributed by atoms with van der Waals surface area (Å²) < 4.78 is 0. The van der Waals surface area contributed by atoms with Gasteiger partial charge in [-0.3, -0.25) is 14.6 Å². The first-order valence-corrected chi connectivity index (χ1v) is 8.84. The Morgan fingerprint density at radius 1 is 0.929 bits per heavy atom. The zero-order valence-electron chi connectivity index (χ0n) is 15.8. The molecule has 0 radical (unpaired) electrons. The molecule has 0 saturated heterocycles. The van der Waals surface area contributed by atoms with Crippen LogP contribution in [0.1, 0.15) is 21.5 Å². The van der Waals surface area contributed by atoms with Gasteiger partial charge in [-0.1, -0.05) is 36.9 Å². The fourth-order valence-corrected chi connectivity index (χ4v) is 2.89. The van der Waals surface area contributed by atoms with Crippen molar-refractivity contribution < 1.29 is 9.59 Å². The normalized spacial score (nSPS) is 10.2. The lowest BCUT2D eigenvalue weighted by molar-refractivity contribution is -0.111. The maximum absolute atomic E-state index is 12.7. The summed E-state index contributed by atoms with van der Waals surface area (Å²) in [4.78, 5) is 28.5. The molecule has 1 aromatic heterocycles. The molecule has 28 heavy (non-hydrogen) atoms. The second-order valence-corrected chi connectivity index (χ2v) is 6.46. The Balaban J connectivity index is 1.86. The smallest absolute Gasteiger partial charge is 0.257 e. The van der Waals surface area contributed by atoms with Crippen LogP contribution < -0.4 is 10.6 Å². The fourth-order valence-electron chi connectivity index (χ4n) is 2.89. The third-order valence-electron chi connectivity index (χ3n) is 4.37. The van der Waals surface area contributed by atoms with Crippen molar-refractivity contribution in [2.75, 3.05) is 10.6 Å². The van der Waals surface area contributed by atoms with Crippen LogP contribution in [0.3, 0.4) is 0 Å². The predicted molar refractivity (Wildman–Crippen MR) is 112 cm³/mol. The highest BCUT2D eigenvalue weighted by Gasteiger charge is 2.11. The molecule has 2 amide bonds. The molecule has 140 valence electrons. The second kappa shape index (κ2) is 8.31. The third-order valence-corrected chi connectivity index (χ3v) is 4.37. The molecule has 0 aliphatic heterocycles. The molecule has 2 N–H and O–H groups in total. The van der Waals surface area contributed by atoms with E-state index in [-0.39, 0.29) is 11.8 Å². The van der Waals surface area contributed by atoms with Crippen molar-refractivity contribution in [1.82, 2.24) is 4.98 Å². The first kappa shape index (κ1) is 19.0. The summed E-state index contributed by atoms with van der Waals surface area (Å²) >= 11 is 0. The topological polar surface area (TPSA) is 71.1 Å². The highest BCUT2D eigenvalue weighted by atomic mass is 16.2. The van der Waals surface area contributed by atoms with Crippen LogP contribution >= 0.6 is 0 Å². The zero-order chi connectivity index (χ0) is 20.1. The molecule has 0 unspecified atom stereocenters. The van der Waals surface area contributed by atoms with Gasteiger partial charge < -0.3 is 10.6 Å². The molecular formula is C23H21N3O2. The number of pyridine rings is 1. The van der Waals surface area contributed by atoms with Crippen molar-refractivity contribution in [3.05, 3.63) is 90.3 Å². The van der Waals surface area contributed by atoms with Crippen LogP contribution in [0.4, 0.5) is 11.4 Å². The minimum atomic E-state index is -0.281. The third kappa shape index (κ3) is 4.32. The Kier molecular flexibility index (Phi) is 5.65. The number of anilines is 2. The molecule has 0 aliphatic carbocycles. The summed E-state index contributed by atoms with van der Waals surface area (Å²) in [5, 5.41) is 5.70. The molecule has 0 saturated carbocycles. The zero-order valence-corrected chi connectivity index (χ0v) is 15.8. The number of carbonyl (C=O) groups excluding carboxylic acids is 2. The largest absolute Gasteiger partial charge is 0.323 e. The maximum Gasteiger partial charge on any atom is 0.257 e. The average Bonchev–Trinajstić information content (AvgIpc) is 2.71. The number of hydrogen-bond acceptors (Lipinski definition) is 3. The number of nitrogens with one attached hydrogen (secondary N) is 2. The number of para-hydroxylation sites is 1. The molecule has 0 spiro atoms. The van der Waals surface area contributed by atoms with Crippen molar-refractivity contribution >= 4 is 23.2 Å². The summed E-state index contributed by atoms with van der Waals surface area (Å²) in [6.45, 7) is 7.37. The molecule has 5 nitrogen and oxygen atoms in total. The molecule has 0 bridgehead atoms. The Labute approximate surface area is 164 Å². The minimum absolute atomic E-state index is 0.220. The quantitative estimate of drug-likeness (QED) is 0.636. The van der Waals surface area contributed by atoms with Crippen LogP contribution in [0.25, 0.3) is 11.1 Å². The Morgan fingerprint density at radius 3 is 2.36 bits per heavy atom. The van der Waals surface area contributed by atoms with Gasteiger partial charge >= 0.3 is 0 Å². The Hall–Kier alpha value is -3.73. The van der Waals surface area contributed by atoms with Crippen molar-refractivity contribution in [3.63, 3.8) is 0 Å². The molecule has 0 aliphatic rings. The molecule has 0 fully saturated rings. The van der Waals surface area contributed by atoms with Gasteiger partial charge in [0, 0.05) is 29.3 Å². The van der Waals surface area contributed by atoms with E-state index < -0.39 is 0 Å². The Morgan fingerprint density at radius 2 is 1.64 bits per heavy atom. The lowest BCUT2D eigenvalue weighted by Gasteiger charge is -2.12. The number of amides is 2. The first-order chi connectivity index (χ1) is 13.5. The SMILES string of the molecule is C=CC(=O)Nc1cccc(-c2cncc(C(=O)Nc3c(C)cccc3C)c2)c1. The number of hydrogen-bond donors (Lipinski definition) is 2. The summed E-state index contributed by atoms with van der Waals surface area (Å²) in [7, 11) is 0. The molecule has 3 rings (SSSR count). The van der Waals surface area contributed by atoms with E-state index in [1.165, 1.54) is 12.3 Å². The van der Waals surface area contributed by atoms with Gasteiger partial charge in [0.2, 0.25) is 5.91 Å². The van der Waals surface area contributed by atoms with Gasteiger partial charge in [-0.05, 0) is 54.8 Å². The van der Waals surface area contributed by atoms with E-state index in [9.17, 15) is 9.59 Å². The van der Waals surface area contributed by atoms with Gasteiger partial charge in [0.15, 0.2) is 0 Å². The fraction of sp³-hybridized carbons (Fsp3) is 0.0870. The van der Waals surface area contributed by atoms with Crippen molar-refractivity contribution in [1.29, 1.82) is 0 Å². The van der Waals surface area contributed by atoms with Crippen LogP contribution in [0.2, 0.25) is 0 Å². The summed E-state index contributed by atoms with van der Waals surface area (Å²) in [5.74, 6) is -0.500. The minimum Gasteiger partial charge on any atom is -0.323 e. The maximum atomic E-state index is 12.7. The van der Waals surface area contributed by atoms with E-state index in [4.69, 9.17) is 0 Å². The van der Waals surface area contributed by atoms with Gasteiger partial charge in [-0.15, -0.1) is 0 Å². The molecule has 1 heterocycles. The molecular weight excluding hydrogens is 350 g/mol. The molecule has 3 aromatic rings. The van der Waals surface area contributed by atoms with E-state index in [1.54, 1.807) is 18.3 Å². The molecule has 5 heteroatoms. The second-order valence-electron chi connectivity index (χ2n) is 6.46. The van der Waals surface area contributed by atoms with E-state index in [1.807, 2.05) is 50.2 Å². The number of aryl methyl sites for hydroxylation is 2. The van der Waals surface area contributed by atoms with E-state index in [2.05, 4.69) is 22.2 Å². The van der Waals surface area contributed by atoms with E-state index in [0.717, 1.165) is 27.9 Å². The summed E-state index contributed by atoms with van der Waals surface area (Å²) in [5.41, 5.74) is 5.55. The van der Waals surface area contributed by atoms with E-state index in [0.29, 0.717) is 11.3 Å². The lowest BCUT2D eigenvalue weighted by Crippen LogP contribution is -2.14. The number of rotatable bonds is 5. The van der Waals surface area contributed by atoms with Crippen molar-refractivity contribution in [2.45, 2.75) is 13.8 Å².